The first-order chi connectivity index (χ1) is 9.05. The third-order valence-corrected chi connectivity index (χ3v) is 4.25. The molecule has 0 N–H and O–H groups in total. The fraction of sp³-hybridized carbons (Fsp3) is 0.786. The SMILES string of the molecule is C=C(C)C(=O)OC1(COC)CCCCOC1SCC. The topological polar surface area (TPSA) is 44.8 Å². The monoisotopic (exact) mass is 288 g/mol. The maximum Gasteiger partial charge on any atom is 0.333 e. The summed E-state index contributed by atoms with van der Waals surface area (Å²) in [6.07, 6.45) is 2.71. The third kappa shape index (κ3) is 4.51. The van der Waals surface area contributed by atoms with Gasteiger partial charge in [0.25, 0.3) is 0 Å². The highest BCUT2D eigenvalue weighted by atomic mass is 32.2. The van der Waals surface area contributed by atoms with E-state index in [1.54, 1.807) is 25.8 Å². The number of hydrogen-bond donors (Lipinski definition) is 0. The van der Waals surface area contributed by atoms with Crippen molar-refractivity contribution >= 4 is 17.7 Å². The molecule has 0 aromatic rings. The van der Waals surface area contributed by atoms with Gasteiger partial charge in [0, 0.05) is 19.3 Å². The van der Waals surface area contributed by atoms with Crippen molar-refractivity contribution in [3.05, 3.63) is 12.2 Å². The van der Waals surface area contributed by atoms with Gasteiger partial charge in [0.2, 0.25) is 0 Å². The van der Waals surface area contributed by atoms with Crippen LogP contribution in [-0.4, -0.2) is 43.1 Å². The van der Waals surface area contributed by atoms with Gasteiger partial charge in [0.1, 0.15) is 5.44 Å². The number of rotatable bonds is 6. The van der Waals surface area contributed by atoms with E-state index in [4.69, 9.17) is 14.2 Å². The zero-order valence-electron chi connectivity index (χ0n) is 12.1. The maximum absolute atomic E-state index is 11.9. The highest BCUT2D eigenvalue weighted by molar-refractivity contribution is 7.99. The molecule has 0 aliphatic carbocycles. The van der Waals surface area contributed by atoms with Crippen LogP contribution in [0.25, 0.3) is 0 Å². The van der Waals surface area contributed by atoms with Crippen LogP contribution in [0.1, 0.15) is 33.1 Å². The highest BCUT2D eigenvalue weighted by Crippen LogP contribution is 2.36. The van der Waals surface area contributed by atoms with Crippen molar-refractivity contribution in [2.45, 2.75) is 44.1 Å². The Balaban J connectivity index is 2.94. The molecule has 0 aromatic heterocycles. The summed E-state index contributed by atoms with van der Waals surface area (Å²) in [5.41, 5.74) is -0.481. The first-order valence-corrected chi connectivity index (χ1v) is 7.71. The number of thioether (sulfide) groups is 1. The third-order valence-electron chi connectivity index (χ3n) is 3.04. The van der Waals surface area contributed by atoms with Gasteiger partial charge < -0.3 is 14.2 Å². The molecule has 2 atom stereocenters. The van der Waals surface area contributed by atoms with Gasteiger partial charge in [-0.05, 0) is 31.9 Å². The van der Waals surface area contributed by atoms with Crippen LogP contribution in [0.5, 0.6) is 0 Å². The molecule has 5 heteroatoms. The van der Waals surface area contributed by atoms with Crippen LogP contribution in [0, 0.1) is 0 Å². The van der Waals surface area contributed by atoms with Gasteiger partial charge >= 0.3 is 5.97 Å². The van der Waals surface area contributed by atoms with Crippen LogP contribution >= 0.6 is 11.8 Å². The zero-order valence-corrected chi connectivity index (χ0v) is 12.9. The van der Waals surface area contributed by atoms with E-state index in [0.717, 1.165) is 25.0 Å². The van der Waals surface area contributed by atoms with Gasteiger partial charge in [-0.1, -0.05) is 13.5 Å². The molecular weight excluding hydrogens is 264 g/mol. The quantitative estimate of drug-likeness (QED) is 0.555. The predicted octanol–water partition coefficient (Wildman–Crippen LogP) is 2.77. The van der Waals surface area contributed by atoms with Crippen molar-refractivity contribution in [3.8, 4) is 0 Å². The summed E-state index contributed by atoms with van der Waals surface area (Å²) in [5, 5.41) is 0. The van der Waals surface area contributed by atoms with E-state index in [2.05, 4.69) is 13.5 Å². The molecule has 1 aliphatic rings. The lowest BCUT2D eigenvalue weighted by Crippen LogP contribution is -2.49. The predicted molar refractivity (Wildman–Crippen MR) is 77.2 cm³/mol. The van der Waals surface area contributed by atoms with Crippen LogP contribution in [0.2, 0.25) is 0 Å². The van der Waals surface area contributed by atoms with Crippen LogP contribution in [0.15, 0.2) is 12.2 Å². The fourth-order valence-corrected chi connectivity index (χ4v) is 3.16. The van der Waals surface area contributed by atoms with Gasteiger partial charge in [-0.3, -0.25) is 0 Å². The van der Waals surface area contributed by atoms with Crippen molar-refractivity contribution in [2.24, 2.45) is 0 Å². The highest BCUT2D eigenvalue weighted by Gasteiger charge is 2.44. The molecule has 0 aromatic carbocycles. The second-order valence-corrected chi connectivity index (χ2v) is 6.12. The van der Waals surface area contributed by atoms with Gasteiger partial charge in [0.15, 0.2) is 5.60 Å². The Bertz CT molecular complexity index is 319. The van der Waals surface area contributed by atoms with Crippen LogP contribution in [0.4, 0.5) is 0 Å². The minimum atomic E-state index is -0.706. The molecule has 0 bridgehead atoms. The van der Waals surface area contributed by atoms with E-state index in [9.17, 15) is 4.79 Å². The van der Waals surface area contributed by atoms with E-state index in [1.807, 2.05) is 0 Å². The molecule has 1 fully saturated rings. The van der Waals surface area contributed by atoms with Crippen molar-refractivity contribution in [2.75, 3.05) is 26.1 Å². The molecule has 0 spiro atoms. The smallest absolute Gasteiger partial charge is 0.333 e. The van der Waals surface area contributed by atoms with Crippen LogP contribution < -0.4 is 0 Å². The van der Waals surface area contributed by atoms with Gasteiger partial charge in [-0.2, -0.15) is 0 Å². The summed E-state index contributed by atoms with van der Waals surface area (Å²) in [6, 6.07) is 0. The fourth-order valence-electron chi connectivity index (χ4n) is 2.12. The molecule has 4 nitrogen and oxygen atoms in total. The first-order valence-electron chi connectivity index (χ1n) is 6.66. The average molecular weight is 288 g/mol. The van der Waals surface area contributed by atoms with E-state index in [1.165, 1.54) is 0 Å². The van der Waals surface area contributed by atoms with E-state index < -0.39 is 5.60 Å². The largest absolute Gasteiger partial charge is 0.450 e. The van der Waals surface area contributed by atoms with Crippen LogP contribution in [-0.2, 0) is 19.0 Å². The lowest BCUT2D eigenvalue weighted by Gasteiger charge is -2.37. The number of ether oxygens (including phenoxy) is 3. The Morgan fingerprint density at radius 1 is 1.53 bits per heavy atom. The normalized spacial score (nSPS) is 27.6. The van der Waals surface area contributed by atoms with E-state index >= 15 is 0 Å². The Morgan fingerprint density at radius 2 is 2.26 bits per heavy atom. The summed E-state index contributed by atoms with van der Waals surface area (Å²) in [5.74, 6) is 0.532. The second-order valence-electron chi connectivity index (χ2n) is 4.78. The van der Waals surface area contributed by atoms with Gasteiger partial charge in [-0.15, -0.1) is 11.8 Å². The Kier molecular flexibility index (Phi) is 6.89. The summed E-state index contributed by atoms with van der Waals surface area (Å²) in [6.45, 7) is 8.42. The van der Waals surface area contributed by atoms with Crippen molar-refractivity contribution in [1.82, 2.24) is 0 Å². The zero-order chi connectivity index (χ0) is 14.3. The van der Waals surface area contributed by atoms with Crippen molar-refractivity contribution in [3.63, 3.8) is 0 Å². The molecule has 110 valence electrons. The lowest BCUT2D eigenvalue weighted by molar-refractivity contribution is -0.173. The minimum Gasteiger partial charge on any atom is -0.450 e. The minimum absolute atomic E-state index is 0.178. The molecule has 2 unspecified atom stereocenters. The molecular formula is C14H24O4S. The summed E-state index contributed by atoms with van der Waals surface area (Å²) in [7, 11) is 1.62. The molecule has 1 saturated heterocycles. The molecule has 1 rings (SSSR count). The first kappa shape index (κ1) is 16.5. The summed E-state index contributed by atoms with van der Waals surface area (Å²) >= 11 is 1.66. The summed E-state index contributed by atoms with van der Waals surface area (Å²) < 4.78 is 16.9. The number of methoxy groups -OCH3 is 1. The molecule has 1 heterocycles. The number of hydrogen-bond acceptors (Lipinski definition) is 5. The summed E-state index contributed by atoms with van der Waals surface area (Å²) in [4.78, 5) is 11.9. The van der Waals surface area contributed by atoms with E-state index in [0.29, 0.717) is 18.8 Å². The Labute approximate surface area is 119 Å². The number of esters is 1. The van der Waals surface area contributed by atoms with Gasteiger partial charge in [-0.25, -0.2) is 4.79 Å². The Morgan fingerprint density at radius 3 is 2.84 bits per heavy atom. The van der Waals surface area contributed by atoms with Crippen molar-refractivity contribution in [1.29, 1.82) is 0 Å². The van der Waals surface area contributed by atoms with Crippen LogP contribution in [0.3, 0.4) is 0 Å². The molecule has 1 aliphatic heterocycles. The second kappa shape index (κ2) is 7.92. The molecule has 0 saturated carbocycles. The Hall–Kier alpha value is -0.520. The standard InChI is InChI=1S/C14H24O4S/c1-5-19-13-14(10-16-4,8-6-7-9-17-13)18-12(15)11(2)3/h13H,2,5-10H2,1,3-4H3. The lowest BCUT2D eigenvalue weighted by atomic mass is 9.98. The molecule has 19 heavy (non-hydrogen) atoms. The van der Waals surface area contributed by atoms with Gasteiger partial charge in [0.05, 0.1) is 6.61 Å². The number of carbonyl (C=O) groups excluding carboxylic acids is 1. The average Bonchev–Trinajstić information content (AvgIpc) is 2.54. The maximum atomic E-state index is 11.9. The molecule has 0 amide bonds. The van der Waals surface area contributed by atoms with Crippen molar-refractivity contribution < 1.29 is 19.0 Å². The number of carbonyl (C=O) groups is 1. The molecule has 0 radical (unpaired) electrons. The van der Waals surface area contributed by atoms with E-state index in [-0.39, 0.29) is 11.4 Å².